The summed E-state index contributed by atoms with van der Waals surface area (Å²) in [5.41, 5.74) is -0.118. The number of carbonyl (C=O) groups is 2. The number of rotatable bonds is 6. The number of carbonyl (C=O) groups excluding carboxylic acids is 1. The van der Waals surface area contributed by atoms with Gasteiger partial charge in [-0.25, -0.2) is 22.7 Å². The van der Waals surface area contributed by atoms with Crippen LogP contribution in [0, 0.1) is 0 Å². The molecule has 0 aliphatic rings. The summed E-state index contributed by atoms with van der Waals surface area (Å²) in [4.78, 5) is 22.2. The second-order valence-electron chi connectivity index (χ2n) is 3.94. The summed E-state index contributed by atoms with van der Waals surface area (Å²) in [5.74, 6) is -2.06. The number of sulfonamides is 1. The van der Waals surface area contributed by atoms with Crippen LogP contribution >= 0.6 is 0 Å². The topological polar surface area (TPSA) is 145 Å². The van der Waals surface area contributed by atoms with Gasteiger partial charge in [-0.15, -0.1) is 0 Å². The number of anilines is 1. The number of nitrogens with one attached hydrogen (secondary N) is 3. The van der Waals surface area contributed by atoms with Crippen molar-refractivity contribution in [3.05, 3.63) is 23.8 Å². The van der Waals surface area contributed by atoms with Gasteiger partial charge in [0.05, 0.1) is 5.75 Å². The van der Waals surface area contributed by atoms with E-state index in [0.717, 1.165) is 12.1 Å². The third-order valence-electron chi connectivity index (χ3n) is 2.45. The highest BCUT2D eigenvalue weighted by molar-refractivity contribution is 7.89. The van der Waals surface area contributed by atoms with Gasteiger partial charge in [0.25, 0.3) is 0 Å². The van der Waals surface area contributed by atoms with Crippen molar-refractivity contribution in [2.24, 2.45) is 0 Å². The number of urea groups is 1. The van der Waals surface area contributed by atoms with Crippen LogP contribution in [0.1, 0.15) is 10.4 Å². The molecule has 0 atom stereocenters. The van der Waals surface area contributed by atoms with Gasteiger partial charge in [0.1, 0.15) is 11.3 Å². The van der Waals surface area contributed by atoms with Crippen LogP contribution in [-0.4, -0.2) is 50.0 Å². The normalized spacial score (nSPS) is 10.9. The Morgan fingerprint density at radius 3 is 2.48 bits per heavy atom. The molecule has 0 spiro atoms. The van der Waals surface area contributed by atoms with Gasteiger partial charge in [0, 0.05) is 18.3 Å². The standard InChI is InChI=1S/C11H15N3O6S/c1-12-21(19,20)5-4-13-11(18)14-7-2-3-8(10(16)17)9(15)6-7/h2-3,6,12,15H,4-5H2,1H3,(H,16,17)(H2,13,14,18). The van der Waals surface area contributed by atoms with Crippen molar-refractivity contribution in [2.75, 3.05) is 24.7 Å². The fourth-order valence-corrected chi connectivity index (χ4v) is 1.94. The number of benzene rings is 1. The molecule has 5 N–H and O–H groups in total. The Kier molecular flexibility index (Phi) is 5.50. The van der Waals surface area contributed by atoms with Crippen molar-refractivity contribution in [3.8, 4) is 5.75 Å². The molecule has 0 aromatic heterocycles. The second kappa shape index (κ2) is 6.90. The van der Waals surface area contributed by atoms with Crippen molar-refractivity contribution >= 4 is 27.7 Å². The number of aromatic carboxylic acids is 1. The number of phenols is 1. The van der Waals surface area contributed by atoms with Crippen LogP contribution in [0.2, 0.25) is 0 Å². The molecule has 0 unspecified atom stereocenters. The summed E-state index contributed by atoms with van der Waals surface area (Å²) in [6.07, 6.45) is 0. The lowest BCUT2D eigenvalue weighted by Gasteiger charge is -2.09. The van der Waals surface area contributed by atoms with E-state index in [2.05, 4.69) is 15.4 Å². The first-order chi connectivity index (χ1) is 9.75. The van der Waals surface area contributed by atoms with Gasteiger partial charge in [-0.05, 0) is 19.2 Å². The highest BCUT2D eigenvalue weighted by Crippen LogP contribution is 2.21. The average molecular weight is 317 g/mol. The summed E-state index contributed by atoms with van der Waals surface area (Å²) < 4.78 is 24.3. The van der Waals surface area contributed by atoms with E-state index in [4.69, 9.17) is 5.11 Å². The van der Waals surface area contributed by atoms with Gasteiger partial charge in [0.2, 0.25) is 10.0 Å². The lowest BCUT2D eigenvalue weighted by Crippen LogP contribution is -2.35. The van der Waals surface area contributed by atoms with E-state index >= 15 is 0 Å². The Labute approximate surface area is 121 Å². The lowest BCUT2D eigenvalue weighted by atomic mass is 10.2. The van der Waals surface area contributed by atoms with Crippen LogP contribution in [0.5, 0.6) is 5.75 Å². The number of carboxylic acid groups (broad SMARTS) is 1. The molecule has 21 heavy (non-hydrogen) atoms. The van der Waals surface area contributed by atoms with Crippen molar-refractivity contribution in [1.82, 2.24) is 10.0 Å². The van der Waals surface area contributed by atoms with Crippen molar-refractivity contribution in [2.45, 2.75) is 0 Å². The Balaban J connectivity index is 2.56. The monoisotopic (exact) mass is 317 g/mol. The highest BCUT2D eigenvalue weighted by Gasteiger charge is 2.11. The molecule has 0 saturated heterocycles. The third kappa shape index (κ3) is 5.28. The van der Waals surface area contributed by atoms with Crippen LogP contribution in [0.3, 0.4) is 0 Å². The Bertz CT molecular complexity index is 643. The predicted molar refractivity (Wildman–Crippen MR) is 74.9 cm³/mol. The molecule has 0 aliphatic heterocycles. The van der Waals surface area contributed by atoms with Crippen LogP contribution in [0.4, 0.5) is 10.5 Å². The minimum absolute atomic E-state index is 0.103. The summed E-state index contributed by atoms with van der Waals surface area (Å²) in [5, 5.41) is 22.8. The first-order valence-electron chi connectivity index (χ1n) is 5.77. The first-order valence-corrected chi connectivity index (χ1v) is 7.43. The van der Waals surface area contributed by atoms with Gasteiger partial charge in [-0.1, -0.05) is 0 Å². The van der Waals surface area contributed by atoms with Gasteiger partial charge < -0.3 is 20.8 Å². The molecular weight excluding hydrogens is 302 g/mol. The van der Waals surface area contributed by atoms with Gasteiger partial charge in [0.15, 0.2) is 0 Å². The minimum Gasteiger partial charge on any atom is -0.507 e. The van der Waals surface area contributed by atoms with E-state index in [-0.39, 0.29) is 23.5 Å². The zero-order valence-electron chi connectivity index (χ0n) is 11.1. The number of hydrogen-bond donors (Lipinski definition) is 5. The number of aromatic hydroxyl groups is 1. The Hall–Kier alpha value is -2.33. The van der Waals surface area contributed by atoms with Crippen LogP contribution in [0.25, 0.3) is 0 Å². The van der Waals surface area contributed by atoms with Crippen LogP contribution in [0.15, 0.2) is 18.2 Å². The molecule has 1 aromatic carbocycles. The summed E-state index contributed by atoms with van der Waals surface area (Å²) in [7, 11) is -2.14. The average Bonchev–Trinajstić information content (AvgIpc) is 2.38. The molecule has 1 rings (SSSR count). The second-order valence-corrected chi connectivity index (χ2v) is 5.99. The molecule has 0 saturated carbocycles. The third-order valence-corrected chi connectivity index (χ3v) is 3.82. The maximum Gasteiger partial charge on any atom is 0.339 e. The summed E-state index contributed by atoms with van der Waals surface area (Å²) >= 11 is 0. The number of hydrogen-bond acceptors (Lipinski definition) is 5. The van der Waals surface area contributed by atoms with Gasteiger partial charge >= 0.3 is 12.0 Å². The first kappa shape index (κ1) is 16.7. The maximum atomic E-state index is 11.5. The minimum atomic E-state index is -3.41. The fraction of sp³-hybridized carbons (Fsp3) is 0.273. The van der Waals surface area contributed by atoms with E-state index in [0.29, 0.717) is 0 Å². The lowest BCUT2D eigenvalue weighted by molar-refractivity contribution is 0.0693. The van der Waals surface area contributed by atoms with Crippen molar-refractivity contribution in [1.29, 1.82) is 0 Å². The zero-order chi connectivity index (χ0) is 16.0. The summed E-state index contributed by atoms with van der Waals surface area (Å²) in [6, 6.07) is 2.84. The van der Waals surface area contributed by atoms with Crippen molar-refractivity contribution < 1.29 is 28.2 Å². The smallest absolute Gasteiger partial charge is 0.339 e. The van der Waals surface area contributed by atoms with E-state index in [1.165, 1.54) is 13.1 Å². The molecule has 1 aromatic rings. The molecule has 0 fully saturated rings. The van der Waals surface area contributed by atoms with Crippen molar-refractivity contribution in [3.63, 3.8) is 0 Å². The predicted octanol–water partition coefficient (Wildman–Crippen LogP) is -0.239. The number of carboxylic acids is 1. The molecule has 116 valence electrons. The quantitative estimate of drug-likeness (QED) is 0.489. The molecule has 9 nitrogen and oxygen atoms in total. The molecule has 0 bridgehead atoms. The zero-order valence-corrected chi connectivity index (χ0v) is 11.9. The van der Waals surface area contributed by atoms with E-state index in [1.807, 2.05) is 0 Å². The largest absolute Gasteiger partial charge is 0.507 e. The summed E-state index contributed by atoms with van der Waals surface area (Å²) in [6.45, 7) is -0.103. The number of amides is 2. The van der Waals surface area contributed by atoms with Gasteiger partial charge in [-0.3, -0.25) is 0 Å². The van der Waals surface area contributed by atoms with E-state index in [1.54, 1.807) is 0 Å². The van der Waals surface area contributed by atoms with Crippen LogP contribution < -0.4 is 15.4 Å². The maximum absolute atomic E-state index is 11.5. The Morgan fingerprint density at radius 1 is 1.29 bits per heavy atom. The fourth-order valence-electron chi connectivity index (χ4n) is 1.37. The SMILES string of the molecule is CNS(=O)(=O)CCNC(=O)Nc1ccc(C(=O)O)c(O)c1. The van der Waals surface area contributed by atoms with Gasteiger partial charge in [-0.2, -0.15) is 0 Å². The van der Waals surface area contributed by atoms with E-state index < -0.39 is 27.8 Å². The Morgan fingerprint density at radius 2 is 1.95 bits per heavy atom. The highest BCUT2D eigenvalue weighted by atomic mass is 32.2. The molecule has 0 aliphatic carbocycles. The molecule has 0 heterocycles. The molecular formula is C11H15N3O6S. The van der Waals surface area contributed by atoms with Crippen LogP contribution in [-0.2, 0) is 10.0 Å². The molecule has 2 amide bonds. The van der Waals surface area contributed by atoms with E-state index in [9.17, 15) is 23.1 Å². The molecule has 0 radical (unpaired) electrons. The molecule has 10 heteroatoms.